The Labute approximate surface area is 174 Å². The van der Waals surface area contributed by atoms with E-state index in [0.29, 0.717) is 27.6 Å². The molecule has 10 heteroatoms. The van der Waals surface area contributed by atoms with Crippen molar-refractivity contribution in [3.05, 3.63) is 59.4 Å². The van der Waals surface area contributed by atoms with Crippen LogP contribution in [0, 0.1) is 0 Å². The van der Waals surface area contributed by atoms with Crippen LogP contribution in [0.5, 0.6) is 5.75 Å². The number of hydrogen-bond acceptors (Lipinski definition) is 9. The van der Waals surface area contributed by atoms with Gasteiger partial charge in [0.1, 0.15) is 5.75 Å². The third-order valence-electron chi connectivity index (χ3n) is 3.63. The molecule has 142 valence electrons. The minimum absolute atomic E-state index is 0.471. The first kappa shape index (κ1) is 18.7. The lowest BCUT2D eigenvalue weighted by Gasteiger charge is -2.04. The zero-order chi connectivity index (χ0) is 19.3. The molecule has 0 aliphatic rings. The summed E-state index contributed by atoms with van der Waals surface area (Å²) in [5.74, 6) is 2.23. The predicted octanol–water partition coefficient (Wildman–Crippen LogP) is 5.29. The van der Waals surface area contributed by atoms with Crippen molar-refractivity contribution in [2.24, 2.45) is 0 Å². The van der Waals surface area contributed by atoms with Crippen molar-refractivity contribution in [2.45, 2.75) is 10.1 Å². The van der Waals surface area contributed by atoms with E-state index in [9.17, 15) is 0 Å². The minimum atomic E-state index is 0.471. The van der Waals surface area contributed by atoms with E-state index in [1.807, 2.05) is 42.5 Å². The van der Waals surface area contributed by atoms with Crippen molar-refractivity contribution in [1.29, 1.82) is 0 Å². The highest BCUT2D eigenvalue weighted by Crippen LogP contribution is 2.31. The fraction of sp³-hybridized carbons (Fsp3) is 0.111. The normalized spacial score (nSPS) is 10.8. The maximum absolute atomic E-state index is 6.17. The van der Waals surface area contributed by atoms with Crippen molar-refractivity contribution in [1.82, 2.24) is 20.3 Å². The predicted molar refractivity (Wildman–Crippen MR) is 110 cm³/mol. The average molecular weight is 432 g/mol. The lowest BCUT2D eigenvalue weighted by atomic mass is 10.2. The van der Waals surface area contributed by atoms with Crippen LogP contribution in [0.2, 0.25) is 5.02 Å². The molecule has 2 aromatic carbocycles. The molecule has 0 spiro atoms. The molecule has 0 atom stereocenters. The van der Waals surface area contributed by atoms with Crippen LogP contribution in [0.15, 0.2) is 57.4 Å². The number of benzene rings is 2. The molecular formula is C18H14ClN5O2S2. The molecule has 0 saturated carbocycles. The number of nitrogens with one attached hydrogen (secondary N) is 1. The molecule has 2 aromatic heterocycles. The van der Waals surface area contributed by atoms with Crippen molar-refractivity contribution < 1.29 is 9.26 Å². The first-order chi connectivity index (χ1) is 13.7. The molecule has 2 heterocycles. The fourth-order valence-electron chi connectivity index (χ4n) is 2.33. The summed E-state index contributed by atoms with van der Waals surface area (Å²) in [5.41, 5.74) is 1.62. The lowest BCUT2D eigenvalue weighted by Crippen LogP contribution is -1.90. The molecule has 28 heavy (non-hydrogen) atoms. The van der Waals surface area contributed by atoms with E-state index in [4.69, 9.17) is 20.9 Å². The smallest absolute Gasteiger partial charge is 0.237 e. The van der Waals surface area contributed by atoms with Gasteiger partial charge in [-0.05, 0) is 24.3 Å². The maximum atomic E-state index is 6.17. The summed E-state index contributed by atoms with van der Waals surface area (Å²) in [4.78, 5) is 4.39. The van der Waals surface area contributed by atoms with Crippen LogP contribution in [0.25, 0.3) is 11.4 Å². The maximum Gasteiger partial charge on any atom is 0.237 e. The Morgan fingerprint density at radius 1 is 1.18 bits per heavy atom. The van der Waals surface area contributed by atoms with Gasteiger partial charge >= 0.3 is 0 Å². The number of nitrogens with zero attached hydrogens (tertiary/aromatic N) is 4. The molecule has 0 fully saturated rings. The summed E-state index contributed by atoms with van der Waals surface area (Å²) in [6, 6.07) is 15.0. The number of rotatable bonds is 7. The number of anilines is 2. The van der Waals surface area contributed by atoms with Gasteiger partial charge in [-0.3, -0.25) is 0 Å². The summed E-state index contributed by atoms with van der Waals surface area (Å²) >= 11 is 9.09. The Balaban J connectivity index is 1.38. The van der Waals surface area contributed by atoms with Crippen molar-refractivity contribution in [3.63, 3.8) is 0 Å². The summed E-state index contributed by atoms with van der Waals surface area (Å²) in [5, 5.41) is 16.8. The summed E-state index contributed by atoms with van der Waals surface area (Å²) in [6.45, 7) is 0. The zero-order valence-corrected chi connectivity index (χ0v) is 17.0. The Morgan fingerprint density at radius 2 is 2.07 bits per heavy atom. The molecule has 1 N–H and O–H groups in total. The highest BCUT2D eigenvalue weighted by Gasteiger charge is 2.13. The van der Waals surface area contributed by atoms with E-state index in [1.165, 1.54) is 23.1 Å². The van der Waals surface area contributed by atoms with Crippen LogP contribution in [0.4, 0.5) is 10.8 Å². The summed E-state index contributed by atoms with van der Waals surface area (Å²) in [6.07, 6.45) is 0. The molecule has 0 aliphatic carbocycles. The van der Waals surface area contributed by atoms with Gasteiger partial charge in [0.05, 0.1) is 17.9 Å². The van der Waals surface area contributed by atoms with Gasteiger partial charge in [-0.2, -0.15) is 4.98 Å². The van der Waals surface area contributed by atoms with Crippen LogP contribution in [0.3, 0.4) is 0 Å². The number of ether oxygens (including phenoxy) is 1. The average Bonchev–Trinajstić information content (AvgIpc) is 3.36. The third kappa shape index (κ3) is 4.44. The Morgan fingerprint density at radius 3 is 2.93 bits per heavy atom. The second-order valence-corrected chi connectivity index (χ2v) is 8.12. The van der Waals surface area contributed by atoms with Crippen molar-refractivity contribution >= 4 is 45.5 Å². The lowest BCUT2D eigenvalue weighted by molar-refractivity contribution is 0.391. The van der Waals surface area contributed by atoms with Crippen LogP contribution >= 0.6 is 34.7 Å². The Hall–Kier alpha value is -2.62. The van der Waals surface area contributed by atoms with Gasteiger partial charge in [0.15, 0.2) is 4.34 Å². The number of hydrogen-bond donors (Lipinski definition) is 1. The van der Waals surface area contributed by atoms with Gasteiger partial charge in [-0.15, -0.1) is 10.2 Å². The van der Waals surface area contributed by atoms with Crippen LogP contribution in [-0.2, 0) is 5.75 Å². The zero-order valence-electron chi connectivity index (χ0n) is 14.6. The molecule has 4 aromatic rings. The van der Waals surface area contributed by atoms with E-state index in [0.717, 1.165) is 21.3 Å². The van der Waals surface area contributed by atoms with E-state index >= 15 is 0 Å². The second-order valence-electron chi connectivity index (χ2n) is 5.51. The molecule has 7 nitrogen and oxygen atoms in total. The van der Waals surface area contributed by atoms with Gasteiger partial charge in [-0.1, -0.05) is 58.1 Å². The molecule has 4 rings (SSSR count). The van der Waals surface area contributed by atoms with E-state index in [2.05, 4.69) is 25.7 Å². The van der Waals surface area contributed by atoms with E-state index in [1.54, 1.807) is 13.2 Å². The van der Waals surface area contributed by atoms with Gasteiger partial charge in [0, 0.05) is 17.3 Å². The van der Waals surface area contributed by atoms with E-state index in [-0.39, 0.29) is 0 Å². The molecule has 0 saturated heterocycles. The molecule has 0 radical (unpaired) electrons. The highest BCUT2D eigenvalue weighted by atomic mass is 35.5. The first-order valence-electron chi connectivity index (χ1n) is 8.16. The minimum Gasteiger partial charge on any atom is -0.497 e. The Bertz CT molecular complexity index is 1090. The molecule has 0 unspecified atom stereocenters. The Kier molecular flexibility index (Phi) is 5.75. The second kappa shape index (κ2) is 8.59. The largest absolute Gasteiger partial charge is 0.497 e. The van der Waals surface area contributed by atoms with Gasteiger partial charge in [0.25, 0.3) is 0 Å². The molecule has 0 aliphatic heterocycles. The van der Waals surface area contributed by atoms with Crippen LogP contribution < -0.4 is 10.1 Å². The summed E-state index contributed by atoms with van der Waals surface area (Å²) < 4.78 is 11.3. The van der Waals surface area contributed by atoms with Gasteiger partial charge < -0.3 is 14.6 Å². The first-order valence-corrected chi connectivity index (χ1v) is 10.3. The third-order valence-corrected chi connectivity index (χ3v) is 5.92. The van der Waals surface area contributed by atoms with Crippen LogP contribution in [-0.4, -0.2) is 27.4 Å². The number of thioether (sulfide) groups is 1. The van der Waals surface area contributed by atoms with Gasteiger partial charge in [-0.25, -0.2) is 0 Å². The number of aromatic nitrogens is 4. The monoisotopic (exact) mass is 431 g/mol. The molecular weight excluding hydrogens is 418 g/mol. The van der Waals surface area contributed by atoms with Crippen molar-refractivity contribution in [3.8, 4) is 17.1 Å². The van der Waals surface area contributed by atoms with Gasteiger partial charge in [0.2, 0.25) is 16.8 Å². The van der Waals surface area contributed by atoms with Crippen LogP contribution in [0.1, 0.15) is 5.89 Å². The molecule has 0 amide bonds. The fourth-order valence-corrected chi connectivity index (χ4v) is 4.16. The number of methoxy groups -OCH3 is 1. The topological polar surface area (TPSA) is 86.0 Å². The highest BCUT2D eigenvalue weighted by molar-refractivity contribution is 8.00. The standard InChI is InChI=1S/C18H14ClN5O2S2/c1-25-12-6-4-5-11(9-12)20-17-22-23-18(28-17)27-10-15-21-16(24-26-15)13-7-2-3-8-14(13)19/h2-9H,10H2,1H3,(H,20,22). The summed E-state index contributed by atoms with van der Waals surface area (Å²) in [7, 11) is 1.63. The van der Waals surface area contributed by atoms with Crippen molar-refractivity contribution in [2.75, 3.05) is 12.4 Å². The molecule has 0 bridgehead atoms. The quantitative estimate of drug-likeness (QED) is 0.395. The SMILES string of the molecule is COc1cccc(Nc2nnc(SCc3nc(-c4ccccc4Cl)no3)s2)c1. The van der Waals surface area contributed by atoms with E-state index < -0.39 is 0 Å². The number of halogens is 1.